The van der Waals surface area contributed by atoms with Gasteiger partial charge in [0.15, 0.2) is 0 Å². The molecule has 3 aromatic rings. The predicted octanol–water partition coefficient (Wildman–Crippen LogP) is 2.76. The van der Waals surface area contributed by atoms with Gasteiger partial charge in [0.1, 0.15) is 11.9 Å². The normalized spacial score (nSPS) is 16.6. The molecule has 4 rings (SSSR count). The first-order valence-corrected chi connectivity index (χ1v) is 9.21. The van der Waals surface area contributed by atoms with Crippen LogP contribution in [0, 0.1) is 0 Å². The minimum Gasteiger partial charge on any atom is -0.368 e. The number of nitrogens with zero attached hydrogens (tertiary/aromatic N) is 4. The molecule has 0 spiro atoms. The number of anilines is 2. The van der Waals surface area contributed by atoms with Gasteiger partial charge in [0.25, 0.3) is 0 Å². The number of hydrogen-bond donors (Lipinski definition) is 1. The second-order valence-corrected chi connectivity index (χ2v) is 6.51. The molecule has 7 nitrogen and oxygen atoms in total. The quantitative estimate of drug-likeness (QED) is 0.739. The Morgan fingerprint density at radius 1 is 1.07 bits per heavy atom. The van der Waals surface area contributed by atoms with Gasteiger partial charge in [-0.15, -0.1) is 0 Å². The van der Waals surface area contributed by atoms with Crippen molar-refractivity contribution < 1.29 is 9.53 Å². The van der Waals surface area contributed by atoms with Gasteiger partial charge in [-0.25, -0.2) is 4.98 Å². The summed E-state index contributed by atoms with van der Waals surface area (Å²) in [7, 11) is 0. The Kier molecular flexibility index (Phi) is 5.53. The zero-order valence-corrected chi connectivity index (χ0v) is 15.4. The highest BCUT2D eigenvalue weighted by atomic mass is 16.5. The van der Waals surface area contributed by atoms with E-state index >= 15 is 0 Å². The summed E-state index contributed by atoms with van der Waals surface area (Å²) in [4.78, 5) is 27.4. The Labute approximate surface area is 163 Å². The van der Waals surface area contributed by atoms with Crippen LogP contribution in [0.4, 0.5) is 11.5 Å². The second kappa shape index (κ2) is 8.58. The number of morpholine rings is 1. The molecule has 0 saturated carbocycles. The van der Waals surface area contributed by atoms with E-state index in [1.165, 1.54) is 0 Å². The minimum absolute atomic E-state index is 0.0560. The van der Waals surface area contributed by atoms with E-state index in [-0.39, 0.29) is 12.0 Å². The average molecular weight is 375 g/mol. The van der Waals surface area contributed by atoms with E-state index in [1.54, 1.807) is 18.6 Å². The van der Waals surface area contributed by atoms with Crippen LogP contribution >= 0.6 is 0 Å². The zero-order valence-electron chi connectivity index (χ0n) is 15.4. The average Bonchev–Trinajstić information content (AvgIpc) is 2.76. The molecule has 1 aliphatic heterocycles. The van der Waals surface area contributed by atoms with E-state index < -0.39 is 0 Å². The van der Waals surface area contributed by atoms with E-state index in [1.807, 2.05) is 53.4 Å². The molecule has 0 radical (unpaired) electrons. The molecule has 7 heteroatoms. The predicted molar refractivity (Wildman–Crippen MR) is 105 cm³/mol. The lowest BCUT2D eigenvalue weighted by atomic mass is 10.1. The van der Waals surface area contributed by atoms with Crippen LogP contribution in [0.2, 0.25) is 0 Å². The first-order chi connectivity index (χ1) is 13.8. The molecule has 142 valence electrons. The van der Waals surface area contributed by atoms with E-state index in [9.17, 15) is 4.79 Å². The molecule has 0 bridgehead atoms. The van der Waals surface area contributed by atoms with Crippen molar-refractivity contribution in [1.82, 2.24) is 19.9 Å². The van der Waals surface area contributed by atoms with Gasteiger partial charge in [-0.05, 0) is 36.4 Å². The third-order valence-electron chi connectivity index (χ3n) is 4.53. The standard InChI is InChI=1S/C21H21N5O2/c27-21(13-16-5-1-3-9-22-16)26-11-12-28-19(15-26)18-8-7-17(14-24-18)25-20-6-2-4-10-23-20/h1-10,14,19H,11-13,15H2,(H,23,25)/t19-/m1/s1. The monoisotopic (exact) mass is 375 g/mol. The van der Waals surface area contributed by atoms with Crippen LogP contribution in [0.5, 0.6) is 0 Å². The molecular weight excluding hydrogens is 354 g/mol. The number of aromatic nitrogens is 3. The fraction of sp³-hybridized carbons (Fsp3) is 0.238. The number of nitrogens with one attached hydrogen (secondary N) is 1. The third-order valence-corrected chi connectivity index (χ3v) is 4.53. The Morgan fingerprint density at radius 3 is 2.64 bits per heavy atom. The molecule has 0 unspecified atom stereocenters. The number of pyridine rings is 3. The van der Waals surface area contributed by atoms with E-state index in [0.717, 1.165) is 22.9 Å². The summed E-state index contributed by atoms with van der Waals surface area (Å²) in [5, 5.41) is 3.20. The van der Waals surface area contributed by atoms with Gasteiger partial charge >= 0.3 is 0 Å². The summed E-state index contributed by atoms with van der Waals surface area (Å²) in [6.45, 7) is 1.57. The number of amides is 1. The Bertz CT molecular complexity index is 903. The lowest BCUT2D eigenvalue weighted by Crippen LogP contribution is -2.43. The highest BCUT2D eigenvalue weighted by Gasteiger charge is 2.26. The van der Waals surface area contributed by atoms with Crippen molar-refractivity contribution in [2.24, 2.45) is 0 Å². The third kappa shape index (κ3) is 4.50. The van der Waals surface area contributed by atoms with E-state index in [2.05, 4.69) is 20.3 Å². The van der Waals surface area contributed by atoms with Gasteiger partial charge in [0, 0.05) is 24.6 Å². The highest BCUT2D eigenvalue weighted by molar-refractivity contribution is 5.78. The van der Waals surface area contributed by atoms with Gasteiger partial charge in [-0.3, -0.25) is 14.8 Å². The molecular formula is C21H21N5O2. The summed E-state index contributed by atoms with van der Waals surface area (Å²) in [6.07, 6.45) is 5.26. The van der Waals surface area contributed by atoms with Crippen LogP contribution in [0.3, 0.4) is 0 Å². The summed E-state index contributed by atoms with van der Waals surface area (Å²) in [5.41, 5.74) is 2.43. The smallest absolute Gasteiger partial charge is 0.228 e. The minimum atomic E-state index is -0.231. The van der Waals surface area contributed by atoms with Gasteiger partial charge in [0.2, 0.25) is 5.91 Å². The topological polar surface area (TPSA) is 80.2 Å². The van der Waals surface area contributed by atoms with Crippen molar-refractivity contribution in [2.45, 2.75) is 12.5 Å². The molecule has 28 heavy (non-hydrogen) atoms. The molecule has 3 aromatic heterocycles. The van der Waals surface area contributed by atoms with Crippen molar-refractivity contribution in [3.8, 4) is 0 Å². The summed E-state index contributed by atoms with van der Waals surface area (Å²) in [6, 6.07) is 15.1. The lowest BCUT2D eigenvalue weighted by Gasteiger charge is -2.32. The van der Waals surface area contributed by atoms with Crippen LogP contribution in [0.25, 0.3) is 0 Å². The van der Waals surface area contributed by atoms with Gasteiger partial charge < -0.3 is 15.0 Å². The number of carbonyl (C=O) groups is 1. The van der Waals surface area contributed by atoms with Crippen molar-refractivity contribution in [2.75, 3.05) is 25.0 Å². The summed E-state index contributed by atoms with van der Waals surface area (Å²) >= 11 is 0. The van der Waals surface area contributed by atoms with Crippen LogP contribution in [0.15, 0.2) is 67.1 Å². The molecule has 0 aliphatic carbocycles. The van der Waals surface area contributed by atoms with Crippen LogP contribution in [0.1, 0.15) is 17.5 Å². The van der Waals surface area contributed by atoms with Crippen LogP contribution < -0.4 is 5.32 Å². The first-order valence-electron chi connectivity index (χ1n) is 9.21. The Hall–Kier alpha value is -3.32. The Balaban J connectivity index is 1.38. The van der Waals surface area contributed by atoms with Gasteiger partial charge in [-0.2, -0.15) is 0 Å². The maximum Gasteiger partial charge on any atom is 0.228 e. The molecule has 1 amide bonds. The molecule has 1 N–H and O–H groups in total. The molecule has 1 fully saturated rings. The molecule has 0 aromatic carbocycles. The number of hydrogen-bond acceptors (Lipinski definition) is 6. The largest absolute Gasteiger partial charge is 0.368 e. The fourth-order valence-electron chi connectivity index (χ4n) is 3.08. The lowest BCUT2D eigenvalue weighted by molar-refractivity contribution is -0.138. The van der Waals surface area contributed by atoms with Gasteiger partial charge in [-0.1, -0.05) is 12.1 Å². The number of ether oxygens (including phenoxy) is 1. The molecule has 1 aliphatic rings. The van der Waals surface area contributed by atoms with Gasteiger partial charge in [0.05, 0.1) is 37.2 Å². The first kappa shape index (κ1) is 18.1. The zero-order chi connectivity index (χ0) is 19.2. The number of carbonyl (C=O) groups excluding carboxylic acids is 1. The van der Waals surface area contributed by atoms with Crippen LogP contribution in [-0.2, 0) is 16.0 Å². The molecule has 1 atom stereocenters. The van der Waals surface area contributed by atoms with Crippen molar-refractivity contribution in [3.05, 3.63) is 78.5 Å². The van der Waals surface area contributed by atoms with E-state index in [4.69, 9.17) is 4.74 Å². The van der Waals surface area contributed by atoms with Crippen molar-refractivity contribution in [3.63, 3.8) is 0 Å². The van der Waals surface area contributed by atoms with E-state index in [0.29, 0.717) is 26.1 Å². The fourth-order valence-corrected chi connectivity index (χ4v) is 3.08. The molecule has 4 heterocycles. The van der Waals surface area contributed by atoms with Crippen molar-refractivity contribution in [1.29, 1.82) is 0 Å². The van der Waals surface area contributed by atoms with Crippen LogP contribution in [-0.4, -0.2) is 45.5 Å². The van der Waals surface area contributed by atoms with Crippen molar-refractivity contribution >= 4 is 17.4 Å². The molecule has 1 saturated heterocycles. The SMILES string of the molecule is O=C(Cc1ccccn1)N1CCO[C@@H](c2ccc(Nc3ccccn3)cn2)C1. The maximum absolute atomic E-state index is 12.6. The second-order valence-electron chi connectivity index (χ2n) is 6.51. The Morgan fingerprint density at radius 2 is 1.93 bits per heavy atom. The summed E-state index contributed by atoms with van der Waals surface area (Å²) < 4.78 is 5.85. The highest BCUT2D eigenvalue weighted by Crippen LogP contribution is 2.23. The maximum atomic E-state index is 12.6. The summed E-state index contributed by atoms with van der Waals surface area (Å²) in [5.74, 6) is 0.817. The number of rotatable bonds is 5.